The van der Waals surface area contributed by atoms with Crippen LogP contribution in [0.5, 0.6) is 0 Å². The highest BCUT2D eigenvalue weighted by Crippen LogP contribution is 2.30. The molecule has 3 nitrogen and oxygen atoms in total. The number of hydrogen-bond donors (Lipinski definition) is 2. The van der Waals surface area contributed by atoms with Crippen LogP contribution in [0.4, 0.5) is 0 Å². The number of carbonyl (C=O) groups excluding carboxylic acids is 1. The van der Waals surface area contributed by atoms with Crippen molar-refractivity contribution in [1.82, 2.24) is 10.6 Å². The molecule has 0 saturated carbocycles. The molecule has 0 aromatic rings. The van der Waals surface area contributed by atoms with E-state index in [0.717, 1.165) is 6.42 Å². The van der Waals surface area contributed by atoms with E-state index in [1.807, 2.05) is 27.7 Å². The van der Waals surface area contributed by atoms with Crippen LogP contribution in [0.25, 0.3) is 0 Å². The lowest BCUT2D eigenvalue weighted by Crippen LogP contribution is -2.58. The highest BCUT2D eigenvalue weighted by atomic mass is 35.6. The third-order valence-corrected chi connectivity index (χ3v) is 2.34. The quantitative estimate of drug-likeness (QED) is 0.617. The Labute approximate surface area is 112 Å². The lowest BCUT2D eigenvalue weighted by molar-refractivity contribution is -0.122. The van der Waals surface area contributed by atoms with E-state index in [0.29, 0.717) is 6.42 Å². The van der Waals surface area contributed by atoms with Gasteiger partial charge in [-0.3, -0.25) is 10.1 Å². The highest BCUT2D eigenvalue weighted by molar-refractivity contribution is 6.68. The number of carbonyl (C=O) groups is 1. The van der Waals surface area contributed by atoms with Crippen molar-refractivity contribution >= 4 is 40.7 Å². The highest BCUT2D eigenvalue weighted by Gasteiger charge is 2.35. The lowest BCUT2D eigenvalue weighted by atomic mass is 10.1. The second-order valence-electron chi connectivity index (χ2n) is 4.69. The molecule has 96 valence electrons. The normalized spacial score (nSPS) is 14.7. The Morgan fingerprint density at radius 3 is 2.06 bits per heavy atom. The van der Waals surface area contributed by atoms with Crippen LogP contribution in [0.2, 0.25) is 0 Å². The van der Waals surface area contributed by atoms with Crippen LogP contribution in [0, 0.1) is 0 Å². The molecule has 0 bridgehead atoms. The summed E-state index contributed by atoms with van der Waals surface area (Å²) in [5.41, 5.74) is -0.256. The second-order valence-corrected chi connectivity index (χ2v) is 7.06. The number of rotatable bonds is 4. The average Bonchev–Trinajstić information content (AvgIpc) is 1.98. The number of halogens is 3. The molecule has 1 atom stereocenters. The Balaban J connectivity index is 4.52. The summed E-state index contributed by atoms with van der Waals surface area (Å²) in [6.45, 7) is 7.72. The maximum absolute atomic E-state index is 11.5. The molecule has 0 rings (SSSR count). The molecule has 0 aromatic carbocycles. The van der Waals surface area contributed by atoms with E-state index < -0.39 is 9.96 Å². The number of nitrogens with one attached hydrogen (secondary N) is 2. The maximum atomic E-state index is 11.5. The number of alkyl halides is 3. The Morgan fingerprint density at radius 1 is 1.25 bits per heavy atom. The van der Waals surface area contributed by atoms with Crippen LogP contribution in [-0.2, 0) is 4.79 Å². The maximum Gasteiger partial charge on any atom is 0.223 e. The van der Waals surface area contributed by atoms with E-state index in [9.17, 15) is 4.79 Å². The van der Waals surface area contributed by atoms with Crippen LogP contribution in [0.15, 0.2) is 0 Å². The lowest BCUT2D eigenvalue weighted by Gasteiger charge is -2.33. The molecule has 0 fully saturated rings. The molecule has 0 spiro atoms. The molecule has 0 aliphatic heterocycles. The molecule has 0 aliphatic carbocycles. The van der Waals surface area contributed by atoms with Gasteiger partial charge in [-0.15, -0.1) is 0 Å². The summed E-state index contributed by atoms with van der Waals surface area (Å²) < 4.78 is -1.57. The topological polar surface area (TPSA) is 41.1 Å². The SMILES string of the molecule is CCCC(=O)N[C@@H](NC(C)(C)C)C(Cl)(Cl)Cl. The van der Waals surface area contributed by atoms with Crippen molar-refractivity contribution in [2.24, 2.45) is 0 Å². The largest absolute Gasteiger partial charge is 0.337 e. The third kappa shape index (κ3) is 7.55. The fourth-order valence-electron chi connectivity index (χ4n) is 1.09. The minimum atomic E-state index is -1.57. The summed E-state index contributed by atoms with van der Waals surface area (Å²) in [6, 6.07) is 0. The van der Waals surface area contributed by atoms with Gasteiger partial charge in [0.2, 0.25) is 9.70 Å². The van der Waals surface area contributed by atoms with Crippen molar-refractivity contribution < 1.29 is 4.79 Å². The summed E-state index contributed by atoms with van der Waals surface area (Å²) in [5.74, 6) is -0.129. The van der Waals surface area contributed by atoms with Gasteiger partial charge in [-0.05, 0) is 27.2 Å². The van der Waals surface area contributed by atoms with E-state index in [1.54, 1.807) is 0 Å². The zero-order valence-electron chi connectivity index (χ0n) is 10.0. The van der Waals surface area contributed by atoms with Gasteiger partial charge in [-0.2, -0.15) is 0 Å². The molecule has 16 heavy (non-hydrogen) atoms. The van der Waals surface area contributed by atoms with E-state index in [-0.39, 0.29) is 11.4 Å². The number of amides is 1. The third-order valence-electron chi connectivity index (χ3n) is 1.69. The molecule has 0 radical (unpaired) electrons. The van der Waals surface area contributed by atoms with Crippen LogP contribution < -0.4 is 10.6 Å². The molecule has 0 saturated heterocycles. The zero-order chi connectivity index (χ0) is 13.0. The Kier molecular flexibility index (Phi) is 6.41. The summed E-state index contributed by atoms with van der Waals surface area (Å²) in [4.78, 5) is 11.5. The van der Waals surface area contributed by atoms with Gasteiger partial charge in [0.1, 0.15) is 6.17 Å². The van der Waals surface area contributed by atoms with Gasteiger partial charge in [0.15, 0.2) is 0 Å². The zero-order valence-corrected chi connectivity index (χ0v) is 12.3. The van der Waals surface area contributed by atoms with Crippen molar-refractivity contribution in [3.63, 3.8) is 0 Å². The molecule has 0 unspecified atom stereocenters. The molecule has 0 aliphatic rings. The van der Waals surface area contributed by atoms with Gasteiger partial charge in [-0.1, -0.05) is 41.7 Å². The first-order chi connectivity index (χ1) is 7.06. The fraction of sp³-hybridized carbons (Fsp3) is 0.900. The van der Waals surface area contributed by atoms with Gasteiger partial charge in [0.25, 0.3) is 0 Å². The first-order valence-electron chi connectivity index (χ1n) is 5.20. The van der Waals surface area contributed by atoms with E-state index >= 15 is 0 Å². The first kappa shape index (κ1) is 16.3. The molecular weight excluding hydrogens is 270 g/mol. The minimum Gasteiger partial charge on any atom is -0.337 e. The molecule has 0 heterocycles. The van der Waals surface area contributed by atoms with Crippen molar-refractivity contribution in [2.45, 2.75) is 56.0 Å². The number of hydrogen-bond acceptors (Lipinski definition) is 2. The standard InChI is InChI=1S/C10H19Cl3N2O/c1-5-6-7(16)14-8(10(11,12)13)15-9(2,3)4/h8,15H,5-6H2,1-4H3,(H,14,16)/t8-/m0/s1. The summed E-state index contributed by atoms with van der Waals surface area (Å²) in [7, 11) is 0. The summed E-state index contributed by atoms with van der Waals surface area (Å²) in [5, 5.41) is 5.73. The van der Waals surface area contributed by atoms with Crippen LogP contribution >= 0.6 is 34.8 Å². The van der Waals surface area contributed by atoms with Gasteiger partial charge in [0, 0.05) is 12.0 Å². The smallest absolute Gasteiger partial charge is 0.223 e. The fourth-order valence-corrected chi connectivity index (χ4v) is 1.42. The van der Waals surface area contributed by atoms with E-state index in [1.165, 1.54) is 0 Å². The predicted octanol–water partition coefficient (Wildman–Crippen LogP) is 2.99. The summed E-state index contributed by atoms with van der Waals surface area (Å²) in [6.07, 6.45) is 0.480. The van der Waals surface area contributed by atoms with Gasteiger partial charge < -0.3 is 5.32 Å². The Bertz CT molecular complexity index is 233. The van der Waals surface area contributed by atoms with E-state index in [4.69, 9.17) is 34.8 Å². The Hall–Kier alpha value is 0.300. The van der Waals surface area contributed by atoms with Crippen LogP contribution in [0.1, 0.15) is 40.5 Å². The van der Waals surface area contributed by atoms with E-state index in [2.05, 4.69) is 10.6 Å². The van der Waals surface area contributed by atoms with Crippen LogP contribution in [0.3, 0.4) is 0 Å². The molecule has 6 heteroatoms. The second kappa shape index (κ2) is 6.29. The summed E-state index contributed by atoms with van der Waals surface area (Å²) >= 11 is 17.4. The van der Waals surface area contributed by atoms with Crippen molar-refractivity contribution in [3.8, 4) is 0 Å². The van der Waals surface area contributed by atoms with Gasteiger partial charge in [-0.25, -0.2) is 0 Å². The average molecular weight is 290 g/mol. The van der Waals surface area contributed by atoms with Crippen molar-refractivity contribution in [2.75, 3.05) is 0 Å². The Morgan fingerprint density at radius 2 is 1.75 bits per heavy atom. The molecule has 0 aromatic heterocycles. The molecular formula is C10H19Cl3N2O. The van der Waals surface area contributed by atoms with Crippen molar-refractivity contribution in [3.05, 3.63) is 0 Å². The van der Waals surface area contributed by atoms with Crippen LogP contribution in [-0.4, -0.2) is 21.4 Å². The van der Waals surface area contributed by atoms with Crippen molar-refractivity contribution in [1.29, 1.82) is 0 Å². The molecule has 1 amide bonds. The monoisotopic (exact) mass is 288 g/mol. The first-order valence-corrected chi connectivity index (χ1v) is 6.33. The van der Waals surface area contributed by atoms with Gasteiger partial charge in [0.05, 0.1) is 0 Å². The molecule has 2 N–H and O–H groups in total. The van der Waals surface area contributed by atoms with Gasteiger partial charge >= 0.3 is 0 Å². The minimum absolute atomic E-state index is 0.129. The predicted molar refractivity (Wildman–Crippen MR) is 70.0 cm³/mol.